The SMILES string of the molecule is CCCC(=O)N1CC(CC)CC(NCC2CCCC2)C1. The van der Waals surface area contributed by atoms with Crippen LogP contribution in [0.15, 0.2) is 0 Å². The van der Waals surface area contributed by atoms with E-state index < -0.39 is 0 Å². The van der Waals surface area contributed by atoms with Crippen LogP contribution in [0.25, 0.3) is 0 Å². The van der Waals surface area contributed by atoms with Gasteiger partial charge in [-0.2, -0.15) is 0 Å². The second kappa shape index (κ2) is 8.02. The zero-order valence-corrected chi connectivity index (χ0v) is 13.4. The Kier molecular flexibility index (Phi) is 6.34. The van der Waals surface area contributed by atoms with Gasteiger partial charge in [-0.05, 0) is 44.1 Å². The summed E-state index contributed by atoms with van der Waals surface area (Å²) < 4.78 is 0. The third-order valence-electron chi connectivity index (χ3n) is 5.10. The van der Waals surface area contributed by atoms with Gasteiger partial charge in [0.1, 0.15) is 0 Å². The van der Waals surface area contributed by atoms with Crippen molar-refractivity contribution in [3.8, 4) is 0 Å². The highest BCUT2D eigenvalue weighted by molar-refractivity contribution is 5.76. The van der Waals surface area contributed by atoms with Crippen LogP contribution in [-0.4, -0.2) is 36.5 Å². The van der Waals surface area contributed by atoms with Gasteiger partial charge in [0.05, 0.1) is 0 Å². The van der Waals surface area contributed by atoms with E-state index in [0.717, 1.165) is 32.0 Å². The van der Waals surface area contributed by atoms with Gasteiger partial charge in [-0.25, -0.2) is 0 Å². The normalized spacial score (nSPS) is 28.0. The van der Waals surface area contributed by atoms with Gasteiger partial charge in [-0.1, -0.05) is 33.1 Å². The lowest BCUT2D eigenvalue weighted by atomic mass is 9.91. The van der Waals surface area contributed by atoms with Crippen molar-refractivity contribution < 1.29 is 4.79 Å². The maximum absolute atomic E-state index is 12.2. The van der Waals surface area contributed by atoms with E-state index in [1.54, 1.807) is 0 Å². The van der Waals surface area contributed by atoms with Crippen LogP contribution in [0.3, 0.4) is 0 Å². The molecule has 1 saturated carbocycles. The quantitative estimate of drug-likeness (QED) is 0.810. The zero-order valence-electron chi connectivity index (χ0n) is 13.4. The molecule has 2 fully saturated rings. The van der Waals surface area contributed by atoms with E-state index in [1.807, 2.05) is 0 Å². The van der Waals surface area contributed by atoms with Crippen molar-refractivity contribution in [1.29, 1.82) is 0 Å². The standard InChI is InChI=1S/C17H32N2O/c1-3-7-17(20)19-12-14(4-2)10-16(13-19)18-11-15-8-5-6-9-15/h14-16,18H,3-13H2,1-2H3. The average molecular weight is 280 g/mol. The topological polar surface area (TPSA) is 32.3 Å². The van der Waals surface area contributed by atoms with Gasteiger partial charge in [-0.3, -0.25) is 4.79 Å². The molecular weight excluding hydrogens is 248 g/mol. The van der Waals surface area contributed by atoms with E-state index in [0.29, 0.717) is 24.3 Å². The van der Waals surface area contributed by atoms with Crippen molar-refractivity contribution in [2.24, 2.45) is 11.8 Å². The van der Waals surface area contributed by atoms with E-state index in [1.165, 1.54) is 38.5 Å². The highest BCUT2D eigenvalue weighted by Crippen LogP contribution is 2.25. The largest absolute Gasteiger partial charge is 0.341 e. The Morgan fingerprint density at radius 3 is 2.55 bits per heavy atom. The third-order valence-corrected chi connectivity index (χ3v) is 5.10. The Bertz CT molecular complexity index is 299. The summed E-state index contributed by atoms with van der Waals surface area (Å²) in [6.07, 6.45) is 9.74. The van der Waals surface area contributed by atoms with E-state index in [4.69, 9.17) is 0 Å². The van der Waals surface area contributed by atoms with Crippen molar-refractivity contribution in [3.05, 3.63) is 0 Å². The van der Waals surface area contributed by atoms with E-state index >= 15 is 0 Å². The minimum absolute atomic E-state index is 0.360. The number of nitrogens with zero attached hydrogens (tertiary/aromatic N) is 1. The monoisotopic (exact) mass is 280 g/mol. The fourth-order valence-corrected chi connectivity index (χ4v) is 3.77. The third kappa shape index (κ3) is 4.47. The van der Waals surface area contributed by atoms with Crippen LogP contribution in [0.1, 0.15) is 65.2 Å². The Morgan fingerprint density at radius 1 is 1.15 bits per heavy atom. The molecule has 2 atom stereocenters. The summed E-state index contributed by atoms with van der Waals surface area (Å²) >= 11 is 0. The number of hydrogen-bond donors (Lipinski definition) is 1. The molecule has 1 aliphatic heterocycles. The Morgan fingerprint density at radius 2 is 1.90 bits per heavy atom. The van der Waals surface area contributed by atoms with Crippen LogP contribution >= 0.6 is 0 Å². The summed E-state index contributed by atoms with van der Waals surface area (Å²) in [6, 6.07) is 0.523. The number of amides is 1. The zero-order chi connectivity index (χ0) is 14.4. The summed E-state index contributed by atoms with van der Waals surface area (Å²) in [5.74, 6) is 1.93. The molecule has 0 spiro atoms. The van der Waals surface area contributed by atoms with Gasteiger partial charge in [0.15, 0.2) is 0 Å². The molecule has 2 rings (SSSR count). The summed E-state index contributed by atoms with van der Waals surface area (Å²) in [4.78, 5) is 14.3. The molecule has 1 aliphatic carbocycles. The minimum Gasteiger partial charge on any atom is -0.341 e. The second-order valence-electron chi connectivity index (χ2n) is 6.81. The number of rotatable bonds is 6. The number of carbonyl (C=O) groups excluding carboxylic acids is 1. The van der Waals surface area contributed by atoms with E-state index in [2.05, 4.69) is 24.1 Å². The Balaban J connectivity index is 1.82. The molecule has 1 N–H and O–H groups in total. The first-order chi connectivity index (χ1) is 9.72. The molecule has 0 aromatic carbocycles. The molecule has 0 aromatic heterocycles. The predicted molar refractivity (Wildman–Crippen MR) is 83.6 cm³/mol. The van der Waals surface area contributed by atoms with Crippen LogP contribution in [0.2, 0.25) is 0 Å². The minimum atomic E-state index is 0.360. The molecule has 0 radical (unpaired) electrons. The first-order valence-corrected chi connectivity index (χ1v) is 8.74. The lowest BCUT2D eigenvalue weighted by Crippen LogP contribution is -2.51. The van der Waals surface area contributed by atoms with Gasteiger partial charge in [0.2, 0.25) is 5.91 Å². The number of likely N-dealkylation sites (tertiary alicyclic amines) is 1. The summed E-state index contributed by atoms with van der Waals surface area (Å²) in [5, 5.41) is 3.76. The number of carbonyl (C=O) groups is 1. The molecule has 3 heteroatoms. The number of hydrogen-bond acceptors (Lipinski definition) is 2. The molecule has 2 unspecified atom stereocenters. The molecular formula is C17H32N2O. The van der Waals surface area contributed by atoms with Crippen molar-refractivity contribution in [2.45, 2.75) is 71.3 Å². The molecule has 2 aliphatic rings. The molecule has 1 amide bonds. The van der Waals surface area contributed by atoms with Gasteiger partial charge in [0, 0.05) is 25.6 Å². The maximum atomic E-state index is 12.2. The summed E-state index contributed by atoms with van der Waals surface area (Å²) in [6.45, 7) is 7.43. The lowest BCUT2D eigenvalue weighted by molar-refractivity contribution is -0.133. The van der Waals surface area contributed by atoms with Crippen LogP contribution in [0, 0.1) is 11.8 Å². The maximum Gasteiger partial charge on any atom is 0.222 e. The summed E-state index contributed by atoms with van der Waals surface area (Å²) in [7, 11) is 0. The van der Waals surface area contributed by atoms with Gasteiger partial charge in [-0.15, -0.1) is 0 Å². The Hall–Kier alpha value is -0.570. The highest BCUT2D eigenvalue weighted by atomic mass is 16.2. The van der Waals surface area contributed by atoms with Gasteiger partial charge in [0.25, 0.3) is 0 Å². The van der Waals surface area contributed by atoms with Crippen LogP contribution in [0.4, 0.5) is 0 Å². The van der Waals surface area contributed by atoms with Gasteiger partial charge < -0.3 is 10.2 Å². The Labute approximate surface area is 124 Å². The highest BCUT2D eigenvalue weighted by Gasteiger charge is 2.29. The van der Waals surface area contributed by atoms with E-state index in [9.17, 15) is 4.79 Å². The van der Waals surface area contributed by atoms with Crippen molar-refractivity contribution in [3.63, 3.8) is 0 Å². The first-order valence-electron chi connectivity index (χ1n) is 8.74. The fourth-order valence-electron chi connectivity index (χ4n) is 3.77. The predicted octanol–water partition coefficient (Wildman–Crippen LogP) is 3.19. The first kappa shape index (κ1) is 15.8. The number of piperidine rings is 1. The molecule has 1 heterocycles. The second-order valence-corrected chi connectivity index (χ2v) is 6.81. The van der Waals surface area contributed by atoms with Crippen molar-refractivity contribution in [2.75, 3.05) is 19.6 Å². The molecule has 0 bridgehead atoms. The molecule has 1 saturated heterocycles. The lowest BCUT2D eigenvalue weighted by Gasteiger charge is -2.38. The molecule has 20 heavy (non-hydrogen) atoms. The van der Waals surface area contributed by atoms with Crippen LogP contribution in [-0.2, 0) is 4.79 Å². The summed E-state index contributed by atoms with van der Waals surface area (Å²) in [5.41, 5.74) is 0. The van der Waals surface area contributed by atoms with Gasteiger partial charge >= 0.3 is 0 Å². The smallest absolute Gasteiger partial charge is 0.222 e. The molecule has 116 valence electrons. The average Bonchev–Trinajstić information content (AvgIpc) is 2.98. The van der Waals surface area contributed by atoms with Crippen LogP contribution < -0.4 is 5.32 Å². The van der Waals surface area contributed by atoms with E-state index in [-0.39, 0.29) is 0 Å². The van der Waals surface area contributed by atoms with Crippen molar-refractivity contribution >= 4 is 5.91 Å². The molecule has 0 aromatic rings. The van der Waals surface area contributed by atoms with Crippen molar-refractivity contribution in [1.82, 2.24) is 10.2 Å². The number of nitrogens with one attached hydrogen (secondary N) is 1. The molecule has 3 nitrogen and oxygen atoms in total. The fraction of sp³-hybridized carbons (Fsp3) is 0.941. The van der Waals surface area contributed by atoms with Crippen LogP contribution in [0.5, 0.6) is 0 Å².